The molecule has 0 atom stereocenters. The number of anilines is 2. The highest BCUT2D eigenvalue weighted by Crippen LogP contribution is 2.20. The lowest BCUT2D eigenvalue weighted by molar-refractivity contribution is 0.250. The molecular weight excluding hydrogens is 406 g/mol. The molecule has 0 amide bonds. The fourth-order valence-corrected chi connectivity index (χ4v) is 4.92. The molecule has 0 unspecified atom stereocenters. The van der Waals surface area contributed by atoms with Gasteiger partial charge in [0.1, 0.15) is 0 Å². The van der Waals surface area contributed by atoms with E-state index in [4.69, 9.17) is 0 Å². The molecule has 0 spiro atoms. The molecule has 6 heteroatoms. The molecule has 1 saturated heterocycles. The van der Waals surface area contributed by atoms with E-state index in [2.05, 4.69) is 38.8 Å². The quantitative estimate of drug-likeness (QED) is 0.599. The van der Waals surface area contributed by atoms with E-state index in [1.54, 1.807) is 12.1 Å². The highest BCUT2D eigenvalue weighted by atomic mass is 32.2. The number of nitrogens with zero attached hydrogens (tertiary/aromatic N) is 2. The standard InChI is InChI=1S/C25H29N3O2S/c1-2-21-10-14-25(15-11-21)31(29,30)26-23-12-8-22(9-13-23)20-27-16-18-28(19-17-27)24-6-4-3-5-7-24/h3-15,26H,2,16-20H2,1H3. The summed E-state index contributed by atoms with van der Waals surface area (Å²) in [5.41, 5.74) is 4.16. The van der Waals surface area contributed by atoms with Crippen molar-refractivity contribution < 1.29 is 8.42 Å². The number of sulfonamides is 1. The number of para-hydroxylation sites is 1. The fraction of sp³-hybridized carbons (Fsp3) is 0.280. The Morgan fingerprint density at radius 1 is 0.774 bits per heavy atom. The molecule has 1 N–H and O–H groups in total. The summed E-state index contributed by atoms with van der Waals surface area (Å²) in [5.74, 6) is 0. The Morgan fingerprint density at radius 2 is 1.39 bits per heavy atom. The zero-order valence-electron chi connectivity index (χ0n) is 17.9. The van der Waals surface area contributed by atoms with Gasteiger partial charge >= 0.3 is 0 Å². The lowest BCUT2D eigenvalue weighted by Gasteiger charge is -2.36. The van der Waals surface area contributed by atoms with Crippen LogP contribution in [0.25, 0.3) is 0 Å². The van der Waals surface area contributed by atoms with Crippen LogP contribution in [0.1, 0.15) is 18.1 Å². The topological polar surface area (TPSA) is 52.7 Å². The Hall–Kier alpha value is -2.83. The number of nitrogens with one attached hydrogen (secondary N) is 1. The Bertz CT molecular complexity index is 1070. The maximum atomic E-state index is 12.6. The van der Waals surface area contributed by atoms with Crippen LogP contribution in [0.3, 0.4) is 0 Å². The predicted molar refractivity (Wildman–Crippen MR) is 127 cm³/mol. The van der Waals surface area contributed by atoms with Crippen molar-refractivity contribution >= 4 is 21.4 Å². The summed E-state index contributed by atoms with van der Waals surface area (Å²) in [6.45, 7) is 6.96. The SMILES string of the molecule is CCc1ccc(S(=O)(=O)Nc2ccc(CN3CCN(c4ccccc4)CC3)cc2)cc1. The van der Waals surface area contributed by atoms with Gasteiger partial charge in [0.05, 0.1) is 4.90 Å². The van der Waals surface area contributed by atoms with Crippen LogP contribution in [-0.4, -0.2) is 39.5 Å². The van der Waals surface area contributed by atoms with Crippen LogP contribution in [0.15, 0.2) is 83.8 Å². The average molecular weight is 436 g/mol. The van der Waals surface area contributed by atoms with E-state index in [9.17, 15) is 8.42 Å². The van der Waals surface area contributed by atoms with Gasteiger partial charge in [0.15, 0.2) is 0 Å². The molecule has 0 aromatic heterocycles. The molecule has 1 fully saturated rings. The van der Waals surface area contributed by atoms with Crippen LogP contribution in [-0.2, 0) is 23.0 Å². The second kappa shape index (κ2) is 9.54. The number of rotatable bonds is 7. The van der Waals surface area contributed by atoms with Gasteiger partial charge in [-0.15, -0.1) is 0 Å². The lowest BCUT2D eigenvalue weighted by Crippen LogP contribution is -2.45. The molecule has 0 saturated carbocycles. The summed E-state index contributed by atoms with van der Waals surface area (Å²) >= 11 is 0. The van der Waals surface area contributed by atoms with Crippen molar-refractivity contribution in [1.82, 2.24) is 4.90 Å². The van der Waals surface area contributed by atoms with Gasteiger partial charge in [0, 0.05) is 44.1 Å². The van der Waals surface area contributed by atoms with Crippen LogP contribution >= 0.6 is 0 Å². The minimum absolute atomic E-state index is 0.282. The van der Waals surface area contributed by atoms with E-state index < -0.39 is 10.0 Å². The number of aryl methyl sites for hydroxylation is 1. The van der Waals surface area contributed by atoms with Crippen molar-refractivity contribution in [2.24, 2.45) is 0 Å². The Morgan fingerprint density at radius 3 is 2.00 bits per heavy atom. The third-order valence-electron chi connectivity index (χ3n) is 5.75. The number of piperazine rings is 1. The van der Waals surface area contributed by atoms with Crippen LogP contribution in [0, 0.1) is 0 Å². The first-order valence-corrected chi connectivity index (χ1v) is 12.2. The molecule has 0 aliphatic carbocycles. The zero-order valence-corrected chi connectivity index (χ0v) is 18.7. The maximum Gasteiger partial charge on any atom is 0.261 e. The lowest BCUT2D eigenvalue weighted by atomic mass is 10.1. The summed E-state index contributed by atoms with van der Waals surface area (Å²) < 4.78 is 27.9. The molecular formula is C25H29N3O2S. The smallest absolute Gasteiger partial charge is 0.261 e. The van der Waals surface area contributed by atoms with E-state index >= 15 is 0 Å². The van der Waals surface area contributed by atoms with Crippen molar-refractivity contribution in [3.63, 3.8) is 0 Å². The van der Waals surface area contributed by atoms with Crippen LogP contribution in [0.2, 0.25) is 0 Å². The third kappa shape index (κ3) is 5.46. The number of benzene rings is 3. The van der Waals surface area contributed by atoms with Crippen LogP contribution < -0.4 is 9.62 Å². The molecule has 1 aliphatic heterocycles. The van der Waals surface area contributed by atoms with Gasteiger partial charge in [-0.25, -0.2) is 8.42 Å². The van der Waals surface area contributed by atoms with Gasteiger partial charge in [0.25, 0.3) is 10.0 Å². The second-order valence-electron chi connectivity index (χ2n) is 7.90. The second-order valence-corrected chi connectivity index (χ2v) is 9.58. The first-order chi connectivity index (χ1) is 15.0. The van der Waals surface area contributed by atoms with Gasteiger partial charge in [-0.3, -0.25) is 9.62 Å². The van der Waals surface area contributed by atoms with Crippen molar-refractivity contribution in [2.75, 3.05) is 35.8 Å². The van der Waals surface area contributed by atoms with Gasteiger partial charge in [-0.2, -0.15) is 0 Å². The molecule has 31 heavy (non-hydrogen) atoms. The minimum Gasteiger partial charge on any atom is -0.369 e. The van der Waals surface area contributed by atoms with E-state index in [-0.39, 0.29) is 4.90 Å². The summed E-state index contributed by atoms with van der Waals surface area (Å²) in [5, 5.41) is 0. The van der Waals surface area contributed by atoms with Crippen molar-refractivity contribution in [3.05, 3.63) is 90.0 Å². The van der Waals surface area contributed by atoms with Gasteiger partial charge < -0.3 is 4.90 Å². The van der Waals surface area contributed by atoms with E-state index in [1.165, 1.54) is 11.3 Å². The summed E-state index contributed by atoms with van der Waals surface area (Å²) in [4.78, 5) is 5.14. The first-order valence-electron chi connectivity index (χ1n) is 10.8. The number of hydrogen-bond acceptors (Lipinski definition) is 4. The molecule has 3 aromatic carbocycles. The van der Waals surface area contributed by atoms with Gasteiger partial charge in [0.2, 0.25) is 0 Å². The minimum atomic E-state index is -3.58. The monoisotopic (exact) mass is 435 g/mol. The van der Waals surface area contributed by atoms with Crippen molar-refractivity contribution in [2.45, 2.75) is 24.8 Å². The molecule has 162 valence electrons. The van der Waals surface area contributed by atoms with Crippen LogP contribution in [0.5, 0.6) is 0 Å². The van der Waals surface area contributed by atoms with Gasteiger partial charge in [-0.05, 0) is 53.9 Å². The van der Waals surface area contributed by atoms with E-state index in [0.717, 1.165) is 44.7 Å². The average Bonchev–Trinajstić information content (AvgIpc) is 2.81. The molecule has 1 aliphatic rings. The Balaban J connectivity index is 1.32. The maximum absolute atomic E-state index is 12.6. The molecule has 5 nitrogen and oxygen atoms in total. The Labute approximate surface area is 185 Å². The number of hydrogen-bond donors (Lipinski definition) is 1. The van der Waals surface area contributed by atoms with E-state index in [0.29, 0.717) is 5.69 Å². The van der Waals surface area contributed by atoms with E-state index in [1.807, 2.05) is 49.4 Å². The Kier molecular flexibility index (Phi) is 6.59. The summed E-state index contributed by atoms with van der Waals surface area (Å²) in [6, 6.07) is 25.2. The zero-order chi connectivity index (χ0) is 21.7. The molecule has 4 rings (SSSR count). The normalized spacial score (nSPS) is 15.1. The third-order valence-corrected chi connectivity index (χ3v) is 7.15. The van der Waals surface area contributed by atoms with Crippen LogP contribution in [0.4, 0.5) is 11.4 Å². The first kappa shape index (κ1) is 21.4. The molecule has 0 bridgehead atoms. The largest absolute Gasteiger partial charge is 0.369 e. The summed E-state index contributed by atoms with van der Waals surface area (Å²) in [6.07, 6.45) is 0.885. The highest BCUT2D eigenvalue weighted by molar-refractivity contribution is 7.92. The molecule has 1 heterocycles. The summed E-state index contributed by atoms with van der Waals surface area (Å²) in [7, 11) is -3.58. The fourth-order valence-electron chi connectivity index (χ4n) is 3.86. The van der Waals surface area contributed by atoms with Crippen molar-refractivity contribution in [3.8, 4) is 0 Å². The van der Waals surface area contributed by atoms with Crippen molar-refractivity contribution in [1.29, 1.82) is 0 Å². The molecule has 3 aromatic rings. The molecule has 0 radical (unpaired) electrons. The van der Waals surface area contributed by atoms with Gasteiger partial charge in [-0.1, -0.05) is 49.4 Å². The predicted octanol–water partition coefficient (Wildman–Crippen LogP) is 4.37. The highest BCUT2D eigenvalue weighted by Gasteiger charge is 2.18.